The molecule has 0 aliphatic heterocycles. The van der Waals surface area contributed by atoms with Crippen molar-refractivity contribution in [3.05, 3.63) is 47.0 Å². The van der Waals surface area contributed by atoms with Crippen molar-refractivity contribution >= 4 is 34.5 Å². The molecule has 4 heterocycles. The van der Waals surface area contributed by atoms with Crippen LogP contribution in [0.3, 0.4) is 0 Å². The van der Waals surface area contributed by atoms with Crippen LogP contribution in [0, 0.1) is 0 Å². The van der Waals surface area contributed by atoms with Crippen LogP contribution in [-0.4, -0.2) is 41.4 Å². The molecule has 4 rings (SSSR count). The van der Waals surface area contributed by atoms with Crippen molar-refractivity contribution < 1.29 is 9.84 Å². The highest BCUT2D eigenvalue weighted by atomic mass is 35.5. The third kappa shape index (κ3) is 3.43. The number of methoxy groups -OCH3 is 1. The van der Waals surface area contributed by atoms with Gasteiger partial charge in [-0.2, -0.15) is 20.2 Å². The normalized spacial score (nSPS) is 10.6. The number of aromatic hydroxyl groups is 1. The molecule has 23 heavy (non-hydrogen) atoms. The summed E-state index contributed by atoms with van der Waals surface area (Å²) in [5.41, 5.74) is 1.29. The summed E-state index contributed by atoms with van der Waals surface area (Å²) in [6, 6.07) is 6.75. The van der Waals surface area contributed by atoms with Crippen molar-refractivity contribution in [2.45, 2.75) is 0 Å². The Morgan fingerprint density at radius 1 is 0.913 bits per heavy atom. The van der Waals surface area contributed by atoms with E-state index < -0.39 is 0 Å². The summed E-state index contributed by atoms with van der Waals surface area (Å²) in [4.78, 5) is 7.84. The van der Waals surface area contributed by atoms with E-state index >= 15 is 0 Å². The van der Waals surface area contributed by atoms with Crippen LogP contribution in [0.15, 0.2) is 36.7 Å². The molecule has 8 nitrogen and oxygen atoms in total. The van der Waals surface area contributed by atoms with Crippen LogP contribution in [0.2, 0.25) is 10.3 Å². The van der Waals surface area contributed by atoms with Crippen LogP contribution >= 0.6 is 23.2 Å². The molecule has 1 N–H and O–H groups in total. The van der Waals surface area contributed by atoms with Crippen molar-refractivity contribution in [1.82, 2.24) is 29.2 Å². The van der Waals surface area contributed by atoms with Gasteiger partial charge < -0.3 is 9.84 Å². The summed E-state index contributed by atoms with van der Waals surface area (Å²) in [6.45, 7) is 0. The van der Waals surface area contributed by atoms with Crippen LogP contribution in [0.1, 0.15) is 0 Å². The average molecular weight is 353 g/mol. The van der Waals surface area contributed by atoms with E-state index in [1.165, 1.54) is 10.7 Å². The zero-order valence-electron chi connectivity index (χ0n) is 11.8. The van der Waals surface area contributed by atoms with Gasteiger partial charge in [0.05, 0.1) is 19.5 Å². The smallest absolute Gasteiger partial charge is 0.234 e. The molecule has 0 saturated carbocycles. The standard InChI is InChI=1S/C7H6ClN3O.C6H4ClN3O/c1-12-7-4-11-6(9-7)3-2-5(8)10-11;7-4-1-2-5-8-6(11)3-10(5)9-4/h2-4H,1H3;1-3,11H. The Morgan fingerprint density at radius 2 is 1.48 bits per heavy atom. The molecule has 0 fully saturated rings. The predicted molar refractivity (Wildman–Crippen MR) is 84.2 cm³/mol. The van der Waals surface area contributed by atoms with Crippen molar-refractivity contribution in [2.75, 3.05) is 7.11 Å². The maximum atomic E-state index is 8.93. The second kappa shape index (κ2) is 6.27. The SMILES string of the molecule is COc1cn2nc(Cl)ccc2n1.Oc1cn2nc(Cl)ccc2n1. The minimum atomic E-state index is -0.0558. The van der Waals surface area contributed by atoms with Crippen LogP contribution in [0.4, 0.5) is 0 Å². The maximum absolute atomic E-state index is 8.93. The summed E-state index contributed by atoms with van der Waals surface area (Å²) in [6.07, 6.45) is 3.06. The summed E-state index contributed by atoms with van der Waals surface area (Å²) in [5, 5.41) is 17.6. The van der Waals surface area contributed by atoms with E-state index in [9.17, 15) is 0 Å². The van der Waals surface area contributed by atoms with E-state index in [-0.39, 0.29) is 5.88 Å². The number of ether oxygens (including phenoxy) is 1. The van der Waals surface area contributed by atoms with Gasteiger partial charge in [-0.15, -0.1) is 0 Å². The monoisotopic (exact) mass is 352 g/mol. The highest BCUT2D eigenvalue weighted by Gasteiger charge is 2.01. The fourth-order valence-electron chi connectivity index (χ4n) is 1.78. The minimum Gasteiger partial charge on any atom is -0.492 e. The van der Waals surface area contributed by atoms with Gasteiger partial charge >= 0.3 is 0 Å². The van der Waals surface area contributed by atoms with Gasteiger partial charge in [-0.05, 0) is 24.3 Å². The molecule has 0 radical (unpaired) electrons. The van der Waals surface area contributed by atoms with Gasteiger partial charge in [0, 0.05) is 0 Å². The molecule has 118 valence electrons. The van der Waals surface area contributed by atoms with Gasteiger partial charge in [-0.25, -0.2) is 9.03 Å². The lowest BCUT2D eigenvalue weighted by Gasteiger charge is -1.89. The number of hydrogen-bond acceptors (Lipinski definition) is 6. The first-order valence-electron chi connectivity index (χ1n) is 6.32. The summed E-state index contributed by atoms with van der Waals surface area (Å²) >= 11 is 11.3. The lowest BCUT2D eigenvalue weighted by molar-refractivity contribution is 0.400. The second-order valence-corrected chi connectivity index (χ2v) is 5.07. The van der Waals surface area contributed by atoms with E-state index in [2.05, 4.69) is 20.2 Å². The third-order valence-corrected chi connectivity index (χ3v) is 3.15. The van der Waals surface area contributed by atoms with E-state index in [0.29, 0.717) is 21.8 Å². The molecule has 0 atom stereocenters. The molecule has 0 saturated heterocycles. The molecule has 0 aromatic carbocycles. The highest BCUT2D eigenvalue weighted by Crippen LogP contribution is 2.12. The Labute approximate surface area is 139 Å². The largest absolute Gasteiger partial charge is 0.492 e. The van der Waals surface area contributed by atoms with Crippen molar-refractivity contribution in [2.24, 2.45) is 0 Å². The van der Waals surface area contributed by atoms with E-state index in [1.54, 1.807) is 42.1 Å². The van der Waals surface area contributed by atoms with Crippen LogP contribution in [0.5, 0.6) is 11.8 Å². The predicted octanol–water partition coefficient (Wildman–Crippen LogP) is 2.48. The Bertz CT molecular complexity index is 968. The average Bonchev–Trinajstić information content (AvgIpc) is 3.08. The van der Waals surface area contributed by atoms with Gasteiger partial charge in [0.1, 0.15) is 10.3 Å². The van der Waals surface area contributed by atoms with Crippen LogP contribution in [0.25, 0.3) is 11.3 Å². The Morgan fingerprint density at radius 3 is 2.09 bits per heavy atom. The molecule has 4 aromatic heterocycles. The van der Waals surface area contributed by atoms with Gasteiger partial charge in [0.25, 0.3) is 0 Å². The van der Waals surface area contributed by atoms with Gasteiger partial charge in [-0.1, -0.05) is 23.2 Å². The zero-order chi connectivity index (χ0) is 16.4. The zero-order valence-corrected chi connectivity index (χ0v) is 13.3. The van der Waals surface area contributed by atoms with Crippen molar-refractivity contribution in [3.8, 4) is 11.8 Å². The van der Waals surface area contributed by atoms with Crippen molar-refractivity contribution in [1.29, 1.82) is 0 Å². The number of imidazole rings is 2. The fourth-order valence-corrected chi connectivity index (χ4v) is 2.07. The molecular weight excluding hydrogens is 343 g/mol. The lowest BCUT2D eigenvalue weighted by Crippen LogP contribution is -1.88. The number of aromatic nitrogens is 6. The molecule has 0 spiro atoms. The Hall–Kier alpha value is -2.58. The van der Waals surface area contributed by atoms with Crippen LogP contribution < -0.4 is 4.74 Å². The third-order valence-electron chi connectivity index (χ3n) is 2.75. The first-order chi connectivity index (χ1) is 11.0. The summed E-state index contributed by atoms with van der Waals surface area (Å²) in [7, 11) is 1.56. The molecule has 0 aliphatic carbocycles. The number of nitrogens with zero attached hydrogens (tertiary/aromatic N) is 6. The molecule has 0 unspecified atom stereocenters. The number of hydrogen-bond donors (Lipinski definition) is 1. The molecule has 0 aliphatic rings. The molecule has 0 amide bonds. The number of fused-ring (bicyclic) bond motifs is 2. The summed E-state index contributed by atoms with van der Waals surface area (Å²) in [5.74, 6) is 0.476. The topological polar surface area (TPSA) is 89.8 Å². The molecular formula is C13H10Cl2N6O2. The van der Waals surface area contributed by atoms with Crippen molar-refractivity contribution in [3.63, 3.8) is 0 Å². The van der Waals surface area contributed by atoms with Gasteiger partial charge in [-0.3, -0.25) is 0 Å². The number of rotatable bonds is 1. The molecule has 10 heteroatoms. The Balaban J connectivity index is 0.000000136. The fraction of sp³-hybridized carbons (Fsp3) is 0.0769. The molecule has 0 bridgehead atoms. The van der Waals surface area contributed by atoms with Gasteiger partial charge in [0.2, 0.25) is 11.8 Å². The molecule has 4 aromatic rings. The first kappa shape index (κ1) is 15.3. The maximum Gasteiger partial charge on any atom is 0.234 e. The second-order valence-electron chi connectivity index (χ2n) is 4.30. The lowest BCUT2D eigenvalue weighted by atomic mass is 10.6. The Kier molecular flexibility index (Phi) is 4.18. The van der Waals surface area contributed by atoms with Crippen LogP contribution in [-0.2, 0) is 0 Å². The number of halogens is 2. The first-order valence-corrected chi connectivity index (χ1v) is 7.07. The van der Waals surface area contributed by atoms with E-state index in [0.717, 1.165) is 5.65 Å². The van der Waals surface area contributed by atoms with Gasteiger partial charge in [0.15, 0.2) is 11.3 Å². The quantitative estimate of drug-likeness (QED) is 0.565. The van der Waals surface area contributed by atoms with E-state index in [1.807, 2.05) is 0 Å². The minimum absolute atomic E-state index is 0.0558. The van der Waals surface area contributed by atoms with E-state index in [4.69, 9.17) is 33.0 Å². The highest BCUT2D eigenvalue weighted by molar-refractivity contribution is 6.29. The summed E-state index contributed by atoms with van der Waals surface area (Å²) < 4.78 is 7.91.